The van der Waals surface area contributed by atoms with E-state index in [0.717, 1.165) is 23.6 Å². The molecule has 26 heavy (non-hydrogen) atoms. The third-order valence-corrected chi connectivity index (χ3v) is 3.98. The number of aromatic nitrogens is 2. The molecule has 0 spiro atoms. The van der Waals surface area contributed by atoms with Crippen molar-refractivity contribution < 1.29 is 13.6 Å². The minimum absolute atomic E-state index is 0.0510. The van der Waals surface area contributed by atoms with Crippen molar-refractivity contribution in [2.45, 2.75) is 26.4 Å². The second kappa shape index (κ2) is 7.91. The molecule has 0 saturated carbocycles. The van der Waals surface area contributed by atoms with Gasteiger partial charge in [0.1, 0.15) is 17.3 Å². The monoisotopic (exact) mass is 355 g/mol. The molecule has 134 valence electrons. The molecule has 1 aromatic carbocycles. The standard InChI is InChI=1S/C20H19F2N3O/c1-2-7-25-13-16(15-3-5-23-6-4-15)10-19(25)20(26)24-12-14-8-17(21)11-18(22)9-14/h3-6,8-11,13H,2,7,12H2,1H3,(H,24,26). The Morgan fingerprint density at radius 2 is 1.77 bits per heavy atom. The van der Waals surface area contributed by atoms with Crippen LogP contribution in [0.5, 0.6) is 0 Å². The van der Waals surface area contributed by atoms with E-state index < -0.39 is 11.6 Å². The van der Waals surface area contributed by atoms with Crippen LogP contribution < -0.4 is 5.32 Å². The first-order valence-electron chi connectivity index (χ1n) is 8.40. The Hall–Kier alpha value is -3.02. The van der Waals surface area contributed by atoms with Gasteiger partial charge in [-0.2, -0.15) is 0 Å². The Balaban J connectivity index is 1.80. The second-order valence-electron chi connectivity index (χ2n) is 6.00. The number of hydrogen-bond acceptors (Lipinski definition) is 2. The van der Waals surface area contributed by atoms with Crippen LogP contribution >= 0.6 is 0 Å². The molecule has 0 aliphatic carbocycles. The summed E-state index contributed by atoms with van der Waals surface area (Å²) in [6.07, 6.45) is 6.20. The van der Waals surface area contributed by atoms with Gasteiger partial charge in [0.25, 0.3) is 5.91 Å². The van der Waals surface area contributed by atoms with E-state index in [2.05, 4.69) is 10.3 Å². The number of hydrogen-bond donors (Lipinski definition) is 1. The summed E-state index contributed by atoms with van der Waals surface area (Å²) in [5.41, 5.74) is 2.77. The van der Waals surface area contributed by atoms with E-state index in [-0.39, 0.29) is 12.5 Å². The third-order valence-electron chi connectivity index (χ3n) is 3.98. The van der Waals surface area contributed by atoms with Gasteiger partial charge < -0.3 is 9.88 Å². The molecule has 1 N–H and O–H groups in total. The maximum atomic E-state index is 13.3. The average molecular weight is 355 g/mol. The van der Waals surface area contributed by atoms with Crippen LogP contribution in [-0.4, -0.2) is 15.5 Å². The van der Waals surface area contributed by atoms with Gasteiger partial charge in [-0.05, 0) is 47.9 Å². The molecule has 2 heterocycles. The SMILES string of the molecule is CCCn1cc(-c2ccncc2)cc1C(=O)NCc1cc(F)cc(F)c1. The zero-order valence-corrected chi connectivity index (χ0v) is 14.4. The van der Waals surface area contributed by atoms with Crippen molar-refractivity contribution in [3.05, 3.63) is 77.9 Å². The van der Waals surface area contributed by atoms with Crippen molar-refractivity contribution in [1.82, 2.24) is 14.9 Å². The van der Waals surface area contributed by atoms with E-state index in [1.165, 1.54) is 12.1 Å². The normalized spacial score (nSPS) is 10.7. The van der Waals surface area contributed by atoms with Crippen molar-refractivity contribution in [3.8, 4) is 11.1 Å². The van der Waals surface area contributed by atoms with Gasteiger partial charge in [0.05, 0.1) is 0 Å². The molecular weight excluding hydrogens is 336 g/mol. The smallest absolute Gasteiger partial charge is 0.268 e. The Labute approximate surface area is 150 Å². The summed E-state index contributed by atoms with van der Waals surface area (Å²) in [6, 6.07) is 8.78. The van der Waals surface area contributed by atoms with Crippen molar-refractivity contribution in [3.63, 3.8) is 0 Å². The summed E-state index contributed by atoms with van der Waals surface area (Å²) in [5.74, 6) is -1.62. The maximum absolute atomic E-state index is 13.3. The highest BCUT2D eigenvalue weighted by atomic mass is 19.1. The summed E-state index contributed by atoms with van der Waals surface area (Å²) in [6.45, 7) is 2.78. The Bertz CT molecular complexity index is 886. The number of carbonyl (C=O) groups is 1. The first-order valence-corrected chi connectivity index (χ1v) is 8.40. The number of amides is 1. The van der Waals surface area contributed by atoms with Crippen LogP contribution in [0.25, 0.3) is 11.1 Å². The number of rotatable bonds is 6. The number of carbonyl (C=O) groups excluding carboxylic acids is 1. The molecule has 0 aliphatic rings. The fourth-order valence-corrected chi connectivity index (χ4v) is 2.81. The number of nitrogens with zero attached hydrogens (tertiary/aromatic N) is 2. The highest BCUT2D eigenvalue weighted by molar-refractivity contribution is 5.94. The Morgan fingerprint density at radius 1 is 1.08 bits per heavy atom. The van der Waals surface area contributed by atoms with Crippen LogP contribution in [0, 0.1) is 11.6 Å². The summed E-state index contributed by atoms with van der Waals surface area (Å²) >= 11 is 0. The molecule has 3 aromatic rings. The quantitative estimate of drug-likeness (QED) is 0.721. The fraction of sp³-hybridized carbons (Fsp3) is 0.200. The van der Waals surface area contributed by atoms with Crippen LogP contribution in [0.3, 0.4) is 0 Å². The molecule has 0 unspecified atom stereocenters. The van der Waals surface area contributed by atoms with Crippen LogP contribution in [0.1, 0.15) is 29.4 Å². The lowest BCUT2D eigenvalue weighted by Gasteiger charge is -2.09. The van der Waals surface area contributed by atoms with E-state index in [9.17, 15) is 13.6 Å². The first-order chi connectivity index (χ1) is 12.6. The minimum atomic E-state index is -0.663. The maximum Gasteiger partial charge on any atom is 0.268 e. The molecule has 4 nitrogen and oxygen atoms in total. The summed E-state index contributed by atoms with van der Waals surface area (Å²) in [5, 5.41) is 2.73. The van der Waals surface area contributed by atoms with Crippen LogP contribution in [0.15, 0.2) is 55.0 Å². The lowest BCUT2D eigenvalue weighted by Crippen LogP contribution is -2.25. The molecule has 1 amide bonds. The molecule has 0 fully saturated rings. The van der Waals surface area contributed by atoms with Gasteiger partial charge in [-0.1, -0.05) is 6.92 Å². The number of aryl methyl sites for hydroxylation is 1. The summed E-state index contributed by atoms with van der Waals surface area (Å²) in [7, 11) is 0. The van der Waals surface area contributed by atoms with Gasteiger partial charge in [-0.15, -0.1) is 0 Å². The van der Waals surface area contributed by atoms with Gasteiger partial charge in [0.2, 0.25) is 0 Å². The van der Waals surface area contributed by atoms with Crippen molar-refractivity contribution in [2.75, 3.05) is 0 Å². The fourth-order valence-electron chi connectivity index (χ4n) is 2.81. The first kappa shape index (κ1) is 17.8. The highest BCUT2D eigenvalue weighted by Gasteiger charge is 2.14. The van der Waals surface area contributed by atoms with Crippen LogP contribution in [0.4, 0.5) is 8.78 Å². The van der Waals surface area contributed by atoms with Gasteiger partial charge in [-0.25, -0.2) is 8.78 Å². The number of pyridine rings is 1. The third kappa shape index (κ3) is 4.14. The highest BCUT2D eigenvalue weighted by Crippen LogP contribution is 2.22. The zero-order valence-electron chi connectivity index (χ0n) is 14.4. The van der Waals surface area contributed by atoms with Gasteiger partial charge in [0.15, 0.2) is 0 Å². The van der Waals surface area contributed by atoms with Gasteiger partial charge in [-0.3, -0.25) is 9.78 Å². The summed E-state index contributed by atoms with van der Waals surface area (Å²) in [4.78, 5) is 16.6. The molecular formula is C20H19F2N3O. The molecule has 0 atom stereocenters. The van der Waals surface area contributed by atoms with Crippen LogP contribution in [-0.2, 0) is 13.1 Å². The lowest BCUT2D eigenvalue weighted by atomic mass is 10.1. The molecule has 0 radical (unpaired) electrons. The van der Waals surface area contributed by atoms with Crippen molar-refractivity contribution >= 4 is 5.91 Å². The minimum Gasteiger partial charge on any atom is -0.347 e. The number of benzene rings is 1. The molecule has 6 heteroatoms. The average Bonchev–Trinajstić information content (AvgIpc) is 3.04. The number of nitrogens with one attached hydrogen (secondary N) is 1. The van der Waals surface area contributed by atoms with E-state index >= 15 is 0 Å². The van der Waals surface area contributed by atoms with E-state index in [0.29, 0.717) is 17.8 Å². The Morgan fingerprint density at radius 3 is 2.42 bits per heavy atom. The molecule has 0 aliphatic heterocycles. The van der Waals surface area contributed by atoms with Crippen LogP contribution in [0.2, 0.25) is 0 Å². The van der Waals surface area contributed by atoms with E-state index in [1.807, 2.05) is 35.9 Å². The predicted molar refractivity (Wildman–Crippen MR) is 95.5 cm³/mol. The number of halogens is 2. The van der Waals surface area contributed by atoms with E-state index in [4.69, 9.17) is 0 Å². The molecule has 0 saturated heterocycles. The predicted octanol–water partition coefficient (Wildman–Crippen LogP) is 4.17. The van der Waals surface area contributed by atoms with Crippen molar-refractivity contribution in [1.29, 1.82) is 0 Å². The van der Waals surface area contributed by atoms with E-state index in [1.54, 1.807) is 12.4 Å². The topological polar surface area (TPSA) is 46.9 Å². The summed E-state index contributed by atoms with van der Waals surface area (Å²) < 4.78 is 28.4. The Kier molecular flexibility index (Phi) is 5.41. The van der Waals surface area contributed by atoms with Gasteiger partial charge >= 0.3 is 0 Å². The van der Waals surface area contributed by atoms with Crippen molar-refractivity contribution in [2.24, 2.45) is 0 Å². The lowest BCUT2D eigenvalue weighted by molar-refractivity contribution is 0.0941. The largest absolute Gasteiger partial charge is 0.347 e. The van der Waals surface area contributed by atoms with Gasteiger partial charge in [0, 0.05) is 43.3 Å². The second-order valence-corrected chi connectivity index (χ2v) is 6.00. The zero-order chi connectivity index (χ0) is 18.5. The molecule has 3 rings (SSSR count). The molecule has 0 bridgehead atoms. The molecule has 2 aromatic heterocycles.